The Bertz CT molecular complexity index is 489. The van der Waals surface area contributed by atoms with Crippen molar-refractivity contribution in [3.8, 4) is 0 Å². The molecule has 2 heterocycles. The van der Waals surface area contributed by atoms with Crippen molar-refractivity contribution >= 4 is 38.9 Å². The van der Waals surface area contributed by atoms with E-state index in [1.165, 1.54) is 4.88 Å². The number of furan rings is 1. The van der Waals surface area contributed by atoms with E-state index >= 15 is 0 Å². The third kappa shape index (κ3) is 2.22. The highest BCUT2D eigenvalue weighted by Crippen LogP contribution is 2.40. The van der Waals surface area contributed by atoms with Crippen molar-refractivity contribution in [3.05, 3.63) is 43.9 Å². The van der Waals surface area contributed by atoms with E-state index in [-0.39, 0.29) is 5.38 Å². The first-order chi connectivity index (χ1) is 7.63. The first-order valence-electron chi connectivity index (χ1n) is 5.09. The first kappa shape index (κ1) is 12.2. The minimum absolute atomic E-state index is 0.123. The molecule has 0 aliphatic rings. The van der Waals surface area contributed by atoms with E-state index in [2.05, 4.69) is 35.8 Å². The van der Waals surface area contributed by atoms with E-state index in [0.29, 0.717) is 0 Å². The van der Waals surface area contributed by atoms with Gasteiger partial charge in [0, 0.05) is 26.2 Å². The zero-order valence-corrected chi connectivity index (χ0v) is 12.2. The Morgan fingerprint density at radius 2 is 2.31 bits per heavy atom. The van der Waals surface area contributed by atoms with Crippen LogP contribution >= 0.6 is 38.9 Å². The van der Waals surface area contributed by atoms with Gasteiger partial charge in [0.15, 0.2) is 0 Å². The van der Waals surface area contributed by atoms with Gasteiger partial charge >= 0.3 is 0 Å². The predicted octanol–water partition coefficient (Wildman–Crippen LogP) is 5.30. The van der Waals surface area contributed by atoms with Crippen LogP contribution in [0.25, 0.3) is 0 Å². The maximum atomic E-state index is 6.50. The average Bonchev–Trinajstić information content (AvgIpc) is 2.83. The van der Waals surface area contributed by atoms with E-state index < -0.39 is 0 Å². The quantitative estimate of drug-likeness (QED) is 0.699. The lowest BCUT2D eigenvalue weighted by molar-refractivity contribution is 0.512. The topological polar surface area (TPSA) is 13.1 Å². The number of hydrogen-bond acceptors (Lipinski definition) is 2. The van der Waals surface area contributed by atoms with Gasteiger partial charge < -0.3 is 4.42 Å². The van der Waals surface area contributed by atoms with Gasteiger partial charge in [-0.05, 0) is 35.0 Å². The highest BCUT2D eigenvalue weighted by Gasteiger charge is 2.20. The summed E-state index contributed by atoms with van der Waals surface area (Å²) in [5, 5.41) is -0.123. The minimum Gasteiger partial charge on any atom is -0.469 e. The van der Waals surface area contributed by atoms with Crippen molar-refractivity contribution in [2.75, 3.05) is 0 Å². The van der Waals surface area contributed by atoms with Crippen LogP contribution < -0.4 is 0 Å². The third-order valence-corrected chi connectivity index (χ3v) is 5.06. The summed E-state index contributed by atoms with van der Waals surface area (Å²) in [7, 11) is 0. The van der Waals surface area contributed by atoms with Crippen molar-refractivity contribution in [1.29, 1.82) is 0 Å². The summed E-state index contributed by atoms with van der Waals surface area (Å²) in [6.07, 6.45) is 2.57. The Labute approximate surface area is 113 Å². The van der Waals surface area contributed by atoms with Crippen LogP contribution in [0.3, 0.4) is 0 Å². The van der Waals surface area contributed by atoms with Gasteiger partial charge in [0.25, 0.3) is 0 Å². The van der Waals surface area contributed by atoms with Crippen LogP contribution in [0.5, 0.6) is 0 Å². The normalized spacial score (nSPS) is 13.0. The standard InChI is InChI=1S/C12H12BrClOS/c1-3-10-8(4-5-15-10)11(14)12-9(13)6-7(2)16-12/h4-6,11H,3H2,1-2H3. The molecule has 1 unspecified atom stereocenters. The summed E-state index contributed by atoms with van der Waals surface area (Å²) in [6, 6.07) is 4.05. The molecule has 0 amide bonds. The average molecular weight is 320 g/mol. The van der Waals surface area contributed by atoms with Gasteiger partial charge in [0.05, 0.1) is 11.6 Å². The van der Waals surface area contributed by atoms with Gasteiger partial charge in [-0.3, -0.25) is 0 Å². The van der Waals surface area contributed by atoms with Gasteiger partial charge in [-0.15, -0.1) is 22.9 Å². The molecule has 2 aromatic rings. The molecule has 0 aromatic carbocycles. The van der Waals surface area contributed by atoms with Gasteiger partial charge in [-0.2, -0.15) is 0 Å². The Kier molecular flexibility index (Phi) is 3.77. The smallest absolute Gasteiger partial charge is 0.108 e. The lowest BCUT2D eigenvalue weighted by Crippen LogP contribution is -1.93. The second-order valence-corrected chi connectivity index (χ2v) is 6.16. The van der Waals surface area contributed by atoms with E-state index in [4.69, 9.17) is 16.0 Å². The van der Waals surface area contributed by atoms with Crippen molar-refractivity contribution in [2.45, 2.75) is 25.6 Å². The zero-order valence-electron chi connectivity index (χ0n) is 9.09. The molecule has 0 saturated heterocycles. The molecule has 0 N–H and O–H groups in total. The highest BCUT2D eigenvalue weighted by molar-refractivity contribution is 9.10. The number of alkyl halides is 1. The summed E-state index contributed by atoms with van der Waals surface area (Å²) in [6.45, 7) is 4.15. The molecule has 1 atom stereocenters. The third-order valence-electron chi connectivity index (χ3n) is 2.44. The van der Waals surface area contributed by atoms with Gasteiger partial charge in [-0.1, -0.05) is 6.92 Å². The van der Waals surface area contributed by atoms with Crippen LogP contribution in [-0.2, 0) is 6.42 Å². The molecule has 2 aromatic heterocycles. The van der Waals surface area contributed by atoms with Crippen molar-refractivity contribution in [1.82, 2.24) is 0 Å². The Hall–Kier alpha value is -0.250. The molecule has 0 radical (unpaired) electrons. The zero-order chi connectivity index (χ0) is 11.7. The molecule has 16 heavy (non-hydrogen) atoms. The van der Waals surface area contributed by atoms with Crippen LogP contribution in [0.15, 0.2) is 27.3 Å². The molecule has 0 spiro atoms. The fourth-order valence-electron chi connectivity index (χ4n) is 1.68. The molecule has 1 nitrogen and oxygen atoms in total. The summed E-state index contributed by atoms with van der Waals surface area (Å²) < 4.78 is 6.49. The van der Waals surface area contributed by atoms with Crippen LogP contribution in [0.1, 0.15) is 33.4 Å². The molecule has 4 heteroatoms. The molecule has 86 valence electrons. The fraction of sp³-hybridized carbons (Fsp3) is 0.333. The van der Waals surface area contributed by atoms with Crippen molar-refractivity contribution in [3.63, 3.8) is 0 Å². The predicted molar refractivity (Wildman–Crippen MR) is 72.5 cm³/mol. The largest absolute Gasteiger partial charge is 0.469 e. The number of thiophene rings is 1. The maximum absolute atomic E-state index is 6.50. The van der Waals surface area contributed by atoms with Crippen molar-refractivity contribution in [2.24, 2.45) is 0 Å². The summed E-state index contributed by atoms with van der Waals surface area (Å²) >= 11 is 11.8. The Balaban J connectivity index is 2.38. The van der Waals surface area contributed by atoms with Gasteiger partial charge in [0.1, 0.15) is 5.76 Å². The fourth-order valence-corrected chi connectivity index (χ4v) is 4.13. The van der Waals surface area contributed by atoms with E-state index in [9.17, 15) is 0 Å². The van der Waals surface area contributed by atoms with E-state index in [1.54, 1.807) is 17.6 Å². The monoisotopic (exact) mass is 318 g/mol. The maximum Gasteiger partial charge on any atom is 0.108 e. The van der Waals surface area contributed by atoms with Crippen molar-refractivity contribution < 1.29 is 4.42 Å². The minimum atomic E-state index is -0.123. The summed E-state index contributed by atoms with van der Waals surface area (Å²) in [5.74, 6) is 0.970. The van der Waals surface area contributed by atoms with Gasteiger partial charge in [0.2, 0.25) is 0 Å². The molecule has 0 bridgehead atoms. The Morgan fingerprint density at radius 1 is 1.56 bits per heavy atom. The SMILES string of the molecule is CCc1occc1C(Cl)c1sc(C)cc1Br. The van der Waals surface area contributed by atoms with Crippen LogP contribution in [0, 0.1) is 6.92 Å². The van der Waals surface area contributed by atoms with Gasteiger partial charge in [-0.25, -0.2) is 0 Å². The lowest BCUT2D eigenvalue weighted by atomic mass is 10.1. The van der Waals surface area contributed by atoms with Crippen LogP contribution in [-0.4, -0.2) is 0 Å². The highest BCUT2D eigenvalue weighted by atomic mass is 79.9. The second-order valence-electron chi connectivity index (χ2n) is 3.58. The number of aryl methyl sites for hydroxylation is 2. The first-order valence-corrected chi connectivity index (χ1v) is 7.14. The molecule has 0 aliphatic carbocycles. The second kappa shape index (κ2) is 4.94. The summed E-state index contributed by atoms with van der Waals surface area (Å²) in [4.78, 5) is 2.41. The summed E-state index contributed by atoms with van der Waals surface area (Å²) in [5.41, 5.74) is 1.08. The number of hydrogen-bond donors (Lipinski definition) is 0. The molecular weight excluding hydrogens is 308 g/mol. The molecular formula is C12H12BrClOS. The molecule has 0 saturated carbocycles. The number of halogens is 2. The Morgan fingerprint density at radius 3 is 2.88 bits per heavy atom. The van der Waals surface area contributed by atoms with Crippen LogP contribution in [0.2, 0.25) is 0 Å². The van der Waals surface area contributed by atoms with E-state index in [0.717, 1.165) is 27.1 Å². The molecule has 0 aliphatic heterocycles. The lowest BCUT2D eigenvalue weighted by Gasteiger charge is -2.07. The van der Waals surface area contributed by atoms with Crippen LogP contribution in [0.4, 0.5) is 0 Å². The molecule has 2 rings (SSSR count). The van der Waals surface area contributed by atoms with E-state index in [1.807, 2.05) is 6.07 Å². The number of rotatable bonds is 3. The molecule has 0 fully saturated rings.